The molecule has 30 heavy (non-hydrogen) atoms. The van der Waals surface area contributed by atoms with Gasteiger partial charge >= 0.3 is 17.9 Å². The van der Waals surface area contributed by atoms with Crippen LogP contribution in [0.3, 0.4) is 0 Å². The van der Waals surface area contributed by atoms with Crippen molar-refractivity contribution in [3.63, 3.8) is 0 Å². The van der Waals surface area contributed by atoms with E-state index in [9.17, 15) is 14.4 Å². The minimum Gasteiger partial charge on any atom is -0.465 e. The monoisotopic (exact) mass is 408 g/mol. The second-order valence-corrected chi connectivity index (χ2v) is 6.41. The van der Waals surface area contributed by atoms with Crippen molar-refractivity contribution in [2.75, 3.05) is 14.2 Å². The Kier molecular flexibility index (Phi) is 4.75. The van der Waals surface area contributed by atoms with Gasteiger partial charge in [0.25, 0.3) is 0 Å². The van der Waals surface area contributed by atoms with Gasteiger partial charge in [-0.15, -0.1) is 0 Å². The highest BCUT2D eigenvalue weighted by Crippen LogP contribution is 2.43. The summed E-state index contributed by atoms with van der Waals surface area (Å²) >= 11 is 0. The summed E-state index contributed by atoms with van der Waals surface area (Å²) in [5, 5.41) is 0.986. The predicted molar refractivity (Wildman–Crippen MR) is 105 cm³/mol. The van der Waals surface area contributed by atoms with Gasteiger partial charge in [0, 0.05) is 12.3 Å². The fourth-order valence-corrected chi connectivity index (χ4v) is 3.19. The molecule has 0 N–H and O–H groups in total. The van der Waals surface area contributed by atoms with E-state index in [1.54, 1.807) is 30.3 Å². The van der Waals surface area contributed by atoms with Crippen LogP contribution in [-0.2, 0) is 14.3 Å². The Bertz CT molecular complexity index is 1310. The first-order valence-corrected chi connectivity index (χ1v) is 8.86. The van der Waals surface area contributed by atoms with Gasteiger partial charge in [-0.25, -0.2) is 9.59 Å². The third-order valence-electron chi connectivity index (χ3n) is 4.55. The molecule has 2 aromatic heterocycles. The first kappa shape index (κ1) is 19.3. The highest BCUT2D eigenvalue weighted by Gasteiger charge is 2.24. The summed E-state index contributed by atoms with van der Waals surface area (Å²) in [4.78, 5) is 35.6. The lowest BCUT2D eigenvalue weighted by Gasteiger charge is -2.03. The first-order chi connectivity index (χ1) is 14.4. The molecule has 0 radical (unpaired) electrons. The van der Waals surface area contributed by atoms with E-state index in [0.717, 1.165) is 0 Å². The number of carbonyl (C=O) groups excluding carboxylic acids is 3. The van der Waals surface area contributed by atoms with Gasteiger partial charge in [0.2, 0.25) is 0 Å². The van der Waals surface area contributed by atoms with Gasteiger partial charge in [0.05, 0.1) is 36.3 Å². The molecular formula is C22H16O8. The van der Waals surface area contributed by atoms with Crippen molar-refractivity contribution in [3.05, 3.63) is 53.8 Å². The van der Waals surface area contributed by atoms with Crippen molar-refractivity contribution >= 4 is 39.8 Å². The average Bonchev–Trinajstić information content (AvgIpc) is 3.32. The lowest BCUT2D eigenvalue weighted by Crippen LogP contribution is -2.03. The normalized spacial score (nSPS) is 10.9. The average molecular weight is 408 g/mol. The zero-order valence-electron chi connectivity index (χ0n) is 16.3. The Hall–Kier alpha value is -4.07. The van der Waals surface area contributed by atoms with Crippen LogP contribution in [-0.4, -0.2) is 32.1 Å². The fourth-order valence-electron chi connectivity index (χ4n) is 3.19. The topological polar surface area (TPSA) is 105 Å². The molecule has 0 atom stereocenters. The second kappa shape index (κ2) is 7.40. The van der Waals surface area contributed by atoms with Crippen molar-refractivity contribution in [1.29, 1.82) is 0 Å². The molecule has 0 aliphatic heterocycles. The van der Waals surface area contributed by atoms with E-state index < -0.39 is 17.9 Å². The summed E-state index contributed by atoms with van der Waals surface area (Å²) in [6, 6.07) is 9.46. The third-order valence-corrected chi connectivity index (χ3v) is 4.55. The Morgan fingerprint density at radius 1 is 0.833 bits per heavy atom. The van der Waals surface area contributed by atoms with Gasteiger partial charge in [-0.2, -0.15) is 0 Å². The Labute approximate surface area is 169 Å². The molecule has 0 spiro atoms. The van der Waals surface area contributed by atoms with Crippen LogP contribution < -0.4 is 4.74 Å². The van der Waals surface area contributed by atoms with Gasteiger partial charge in [-0.3, -0.25) is 4.79 Å². The summed E-state index contributed by atoms with van der Waals surface area (Å²) in [6.07, 6.45) is 1.44. The van der Waals surface area contributed by atoms with Gasteiger partial charge in [0.1, 0.15) is 17.4 Å². The van der Waals surface area contributed by atoms with Crippen LogP contribution in [0.15, 0.2) is 51.5 Å². The van der Waals surface area contributed by atoms with E-state index in [1.807, 2.05) is 0 Å². The number of carbonyl (C=O) groups is 3. The van der Waals surface area contributed by atoms with Crippen LogP contribution in [0.4, 0.5) is 0 Å². The maximum Gasteiger partial charge on any atom is 0.337 e. The molecule has 0 saturated heterocycles. The van der Waals surface area contributed by atoms with Crippen molar-refractivity contribution in [1.82, 2.24) is 0 Å². The minimum atomic E-state index is -0.564. The molecule has 0 fully saturated rings. The standard InChI is InChI=1S/C22H16O8/c1-11(23)29-19-15-9-13(22(25)27-3)5-7-18(15)30-20(19)16-10-28-17-6-4-12(8-14(16)17)21(24)26-2/h4-10H,1-3H3. The number of ether oxygens (including phenoxy) is 3. The number of hydrogen-bond donors (Lipinski definition) is 0. The Morgan fingerprint density at radius 2 is 1.43 bits per heavy atom. The zero-order chi connectivity index (χ0) is 21.4. The van der Waals surface area contributed by atoms with Crippen molar-refractivity contribution in [3.8, 4) is 17.1 Å². The summed E-state index contributed by atoms with van der Waals surface area (Å²) in [5.41, 5.74) is 1.97. The molecule has 4 aromatic rings. The molecule has 2 heterocycles. The quantitative estimate of drug-likeness (QED) is 0.459. The summed E-state index contributed by atoms with van der Waals surface area (Å²) in [6.45, 7) is 1.26. The molecule has 8 heteroatoms. The summed E-state index contributed by atoms with van der Waals surface area (Å²) < 4.78 is 26.5. The third kappa shape index (κ3) is 3.18. The number of fused-ring (bicyclic) bond motifs is 2. The number of esters is 3. The van der Waals surface area contributed by atoms with Crippen LogP contribution in [0, 0.1) is 0 Å². The number of hydrogen-bond acceptors (Lipinski definition) is 8. The molecule has 0 aliphatic rings. The van der Waals surface area contributed by atoms with Crippen LogP contribution in [0.5, 0.6) is 5.75 Å². The zero-order valence-corrected chi connectivity index (χ0v) is 16.3. The largest absolute Gasteiger partial charge is 0.465 e. The van der Waals surface area contributed by atoms with Gasteiger partial charge in [-0.1, -0.05) is 0 Å². The summed E-state index contributed by atoms with van der Waals surface area (Å²) in [7, 11) is 2.57. The van der Waals surface area contributed by atoms with Crippen molar-refractivity contribution < 1.29 is 37.4 Å². The maximum atomic E-state index is 11.9. The number of benzene rings is 2. The van der Waals surface area contributed by atoms with Crippen LogP contribution in [0.25, 0.3) is 33.3 Å². The predicted octanol–water partition coefficient (Wildman–Crippen LogP) is 4.34. The highest BCUT2D eigenvalue weighted by molar-refractivity contribution is 6.04. The number of methoxy groups -OCH3 is 2. The van der Waals surface area contributed by atoms with Crippen molar-refractivity contribution in [2.24, 2.45) is 0 Å². The van der Waals surface area contributed by atoms with E-state index in [0.29, 0.717) is 33.1 Å². The smallest absolute Gasteiger partial charge is 0.337 e. The maximum absolute atomic E-state index is 11.9. The van der Waals surface area contributed by atoms with Crippen LogP contribution in [0.1, 0.15) is 27.6 Å². The van der Waals surface area contributed by atoms with E-state index in [1.165, 1.54) is 33.5 Å². The molecule has 0 amide bonds. The molecule has 0 aliphatic carbocycles. The highest BCUT2D eigenvalue weighted by atomic mass is 16.5. The number of rotatable bonds is 4. The fraction of sp³-hybridized carbons (Fsp3) is 0.136. The van der Waals surface area contributed by atoms with Crippen LogP contribution in [0.2, 0.25) is 0 Å². The molecular weight excluding hydrogens is 392 g/mol. The van der Waals surface area contributed by atoms with E-state index in [-0.39, 0.29) is 17.1 Å². The molecule has 0 bridgehead atoms. The van der Waals surface area contributed by atoms with Crippen molar-refractivity contribution in [2.45, 2.75) is 6.92 Å². The molecule has 4 rings (SSSR count). The SMILES string of the molecule is COC(=O)c1ccc2occ(-c3oc4ccc(C(=O)OC)cc4c3OC(C)=O)c2c1. The minimum absolute atomic E-state index is 0.134. The lowest BCUT2D eigenvalue weighted by atomic mass is 10.1. The summed E-state index contributed by atoms with van der Waals surface area (Å²) in [5.74, 6) is -1.25. The molecule has 152 valence electrons. The van der Waals surface area contributed by atoms with Gasteiger partial charge in [0.15, 0.2) is 11.5 Å². The molecule has 0 unspecified atom stereocenters. The Balaban J connectivity index is 1.96. The molecule has 0 saturated carbocycles. The second-order valence-electron chi connectivity index (χ2n) is 6.41. The molecule has 2 aromatic carbocycles. The van der Waals surface area contributed by atoms with Gasteiger partial charge < -0.3 is 23.0 Å². The van der Waals surface area contributed by atoms with E-state index >= 15 is 0 Å². The van der Waals surface area contributed by atoms with Gasteiger partial charge in [-0.05, 0) is 36.4 Å². The number of furan rings is 2. The van der Waals surface area contributed by atoms with E-state index in [4.69, 9.17) is 23.0 Å². The first-order valence-electron chi connectivity index (χ1n) is 8.86. The lowest BCUT2D eigenvalue weighted by molar-refractivity contribution is -0.131. The van der Waals surface area contributed by atoms with Crippen LogP contribution >= 0.6 is 0 Å². The van der Waals surface area contributed by atoms with E-state index in [2.05, 4.69) is 0 Å². The Morgan fingerprint density at radius 3 is 2.03 bits per heavy atom. The molecule has 8 nitrogen and oxygen atoms in total.